The molecule has 0 saturated carbocycles. The Morgan fingerprint density at radius 2 is 1.89 bits per heavy atom. The molecule has 1 rings (SSSR count). The summed E-state index contributed by atoms with van der Waals surface area (Å²) in [6.07, 6.45) is 0. The number of carbonyl (C=O) groups is 1. The summed E-state index contributed by atoms with van der Waals surface area (Å²) in [5, 5.41) is 9.41. The Morgan fingerprint density at radius 3 is 2.33 bits per heavy atom. The first-order chi connectivity index (χ1) is 8.35. The van der Waals surface area contributed by atoms with Gasteiger partial charge in [-0.1, -0.05) is 30.3 Å². The lowest BCUT2D eigenvalue weighted by atomic mass is 9.92. The van der Waals surface area contributed by atoms with Crippen molar-refractivity contribution in [3.05, 3.63) is 35.9 Å². The largest absolute Gasteiger partial charge is 0.459 e. The van der Waals surface area contributed by atoms with Crippen molar-refractivity contribution in [2.24, 2.45) is 5.73 Å². The van der Waals surface area contributed by atoms with Crippen molar-refractivity contribution < 1.29 is 14.6 Å². The molecule has 0 aromatic heterocycles. The maximum absolute atomic E-state index is 11.9. The van der Waals surface area contributed by atoms with E-state index in [-0.39, 0.29) is 6.61 Å². The number of esters is 1. The predicted octanol–water partition coefficient (Wildman–Crippen LogP) is 1.43. The van der Waals surface area contributed by atoms with Gasteiger partial charge >= 0.3 is 5.97 Å². The molecule has 0 fully saturated rings. The standard InChI is InChI=1S/C14H21NO3/c1-14(2,3)18-13(17)12(15)11(9-16)10-7-5-4-6-8-10/h4-8,11-12,16H,9,15H2,1-3H3. The van der Waals surface area contributed by atoms with Crippen molar-refractivity contribution in [1.29, 1.82) is 0 Å². The summed E-state index contributed by atoms with van der Waals surface area (Å²) in [4.78, 5) is 11.9. The molecule has 2 atom stereocenters. The molecule has 0 aliphatic rings. The summed E-state index contributed by atoms with van der Waals surface area (Å²) in [6.45, 7) is 5.17. The molecule has 1 aromatic carbocycles. The lowest BCUT2D eigenvalue weighted by Gasteiger charge is -2.26. The summed E-state index contributed by atoms with van der Waals surface area (Å²) >= 11 is 0. The van der Waals surface area contributed by atoms with Crippen LogP contribution in [0.2, 0.25) is 0 Å². The van der Waals surface area contributed by atoms with Crippen LogP contribution < -0.4 is 5.73 Å². The van der Waals surface area contributed by atoms with Crippen molar-refractivity contribution >= 4 is 5.97 Å². The van der Waals surface area contributed by atoms with E-state index in [2.05, 4.69) is 0 Å². The van der Waals surface area contributed by atoms with Gasteiger partial charge in [0.25, 0.3) is 0 Å². The number of hydrogen-bond donors (Lipinski definition) is 2. The topological polar surface area (TPSA) is 72.5 Å². The molecule has 1 aromatic rings. The number of benzene rings is 1. The molecule has 0 saturated heterocycles. The molecule has 3 N–H and O–H groups in total. The Hall–Kier alpha value is -1.39. The molecule has 4 heteroatoms. The van der Waals surface area contributed by atoms with Crippen LogP contribution in [0.1, 0.15) is 32.3 Å². The van der Waals surface area contributed by atoms with Crippen LogP contribution in [0.5, 0.6) is 0 Å². The van der Waals surface area contributed by atoms with Crippen LogP contribution in [0, 0.1) is 0 Å². The second-order valence-corrected chi connectivity index (χ2v) is 5.26. The van der Waals surface area contributed by atoms with Crippen LogP contribution in [-0.2, 0) is 9.53 Å². The fourth-order valence-electron chi connectivity index (χ4n) is 1.66. The first-order valence-electron chi connectivity index (χ1n) is 5.99. The number of hydrogen-bond acceptors (Lipinski definition) is 4. The van der Waals surface area contributed by atoms with Crippen LogP contribution >= 0.6 is 0 Å². The van der Waals surface area contributed by atoms with Gasteiger partial charge in [-0.25, -0.2) is 0 Å². The van der Waals surface area contributed by atoms with E-state index in [9.17, 15) is 9.90 Å². The van der Waals surface area contributed by atoms with E-state index in [4.69, 9.17) is 10.5 Å². The Bertz CT molecular complexity index is 384. The fraction of sp³-hybridized carbons (Fsp3) is 0.500. The van der Waals surface area contributed by atoms with Crippen molar-refractivity contribution in [2.45, 2.75) is 38.3 Å². The summed E-state index contributed by atoms with van der Waals surface area (Å²) in [6, 6.07) is 8.38. The van der Waals surface area contributed by atoms with Gasteiger partial charge < -0.3 is 15.6 Å². The monoisotopic (exact) mass is 251 g/mol. The number of rotatable bonds is 4. The minimum Gasteiger partial charge on any atom is -0.459 e. The Morgan fingerprint density at radius 1 is 1.33 bits per heavy atom. The summed E-state index contributed by atoms with van der Waals surface area (Å²) < 4.78 is 5.23. The highest BCUT2D eigenvalue weighted by Crippen LogP contribution is 2.20. The summed E-state index contributed by atoms with van der Waals surface area (Å²) in [5.74, 6) is -0.938. The highest BCUT2D eigenvalue weighted by molar-refractivity contribution is 5.77. The van der Waals surface area contributed by atoms with Crippen molar-refractivity contribution in [2.75, 3.05) is 6.61 Å². The number of nitrogens with two attached hydrogens (primary N) is 1. The molecule has 0 aliphatic heterocycles. The van der Waals surface area contributed by atoms with E-state index < -0.39 is 23.5 Å². The lowest BCUT2D eigenvalue weighted by molar-refractivity contribution is -0.157. The van der Waals surface area contributed by atoms with Gasteiger partial charge in [-0.15, -0.1) is 0 Å². The number of aliphatic hydroxyl groups is 1. The Kier molecular flexibility index (Phi) is 4.87. The fourth-order valence-corrected chi connectivity index (χ4v) is 1.66. The second kappa shape index (κ2) is 5.98. The molecule has 18 heavy (non-hydrogen) atoms. The molecular formula is C14H21NO3. The third-order valence-corrected chi connectivity index (χ3v) is 2.54. The van der Waals surface area contributed by atoms with Gasteiger partial charge in [0.1, 0.15) is 11.6 Å². The second-order valence-electron chi connectivity index (χ2n) is 5.26. The van der Waals surface area contributed by atoms with Crippen LogP contribution in [0.4, 0.5) is 0 Å². The smallest absolute Gasteiger partial charge is 0.324 e. The van der Waals surface area contributed by atoms with Crippen LogP contribution in [0.3, 0.4) is 0 Å². The van der Waals surface area contributed by atoms with Crippen LogP contribution in [0.25, 0.3) is 0 Å². The van der Waals surface area contributed by atoms with Crippen LogP contribution in [0.15, 0.2) is 30.3 Å². The van der Waals surface area contributed by atoms with Gasteiger partial charge in [-0.2, -0.15) is 0 Å². The molecular weight excluding hydrogens is 230 g/mol. The average molecular weight is 251 g/mol. The molecule has 0 amide bonds. The van der Waals surface area contributed by atoms with E-state index in [1.54, 1.807) is 20.8 Å². The van der Waals surface area contributed by atoms with Crippen LogP contribution in [-0.4, -0.2) is 29.3 Å². The van der Waals surface area contributed by atoms with E-state index in [0.717, 1.165) is 5.56 Å². The highest BCUT2D eigenvalue weighted by atomic mass is 16.6. The van der Waals surface area contributed by atoms with Crippen molar-refractivity contribution in [3.63, 3.8) is 0 Å². The zero-order valence-electron chi connectivity index (χ0n) is 11.1. The van der Waals surface area contributed by atoms with Crippen molar-refractivity contribution in [3.8, 4) is 0 Å². The molecule has 0 bridgehead atoms. The Balaban J connectivity index is 2.80. The summed E-state index contributed by atoms with van der Waals surface area (Å²) in [7, 11) is 0. The quantitative estimate of drug-likeness (QED) is 0.794. The summed E-state index contributed by atoms with van der Waals surface area (Å²) in [5.41, 5.74) is 6.13. The van der Waals surface area contributed by atoms with Crippen molar-refractivity contribution in [1.82, 2.24) is 0 Å². The van der Waals surface area contributed by atoms with Gasteiger partial charge in [0.2, 0.25) is 0 Å². The normalized spacial score (nSPS) is 14.9. The van der Waals surface area contributed by atoms with Gasteiger partial charge in [-0.3, -0.25) is 4.79 Å². The van der Waals surface area contributed by atoms with Gasteiger partial charge in [0.15, 0.2) is 0 Å². The number of carbonyl (C=O) groups excluding carboxylic acids is 1. The zero-order chi connectivity index (χ0) is 13.8. The molecule has 100 valence electrons. The third-order valence-electron chi connectivity index (χ3n) is 2.54. The highest BCUT2D eigenvalue weighted by Gasteiger charge is 2.29. The molecule has 0 radical (unpaired) electrons. The maximum Gasteiger partial charge on any atom is 0.324 e. The minimum atomic E-state index is -0.864. The van der Waals surface area contributed by atoms with Gasteiger partial charge in [-0.05, 0) is 26.3 Å². The molecule has 2 unspecified atom stereocenters. The maximum atomic E-state index is 11.9. The minimum absolute atomic E-state index is 0.190. The van der Waals surface area contributed by atoms with E-state index in [0.29, 0.717) is 0 Å². The number of aliphatic hydroxyl groups excluding tert-OH is 1. The lowest BCUT2D eigenvalue weighted by Crippen LogP contribution is -2.42. The van der Waals surface area contributed by atoms with E-state index >= 15 is 0 Å². The van der Waals surface area contributed by atoms with E-state index in [1.165, 1.54) is 0 Å². The third kappa shape index (κ3) is 4.13. The zero-order valence-corrected chi connectivity index (χ0v) is 11.1. The molecule has 0 spiro atoms. The Labute approximate surface area is 108 Å². The predicted molar refractivity (Wildman–Crippen MR) is 70.1 cm³/mol. The van der Waals surface area contributed by atoms with Gasteiger partial charge in [0.05, 0.1) is 6.61 Å². The first-order valence-corrected chi connectivity index (χ1v) is 5.99. The average Bonchev–Trinajstić information content (AvgIpc) is 2.29. The molecule has 0 aliphatic carbocycles. The van der Waals surface area contributed by atoms with Gasteiger partial charge in [0, 0.05) is 5.92 Å². The van der Waals surface area contributed by atoms with E-state index in [1.807, 2.05) is 30.3 Å². The number of ether oxygens (including phenoxy) is 1. The SMILES string of the molecule is CC(C)(C)OC(=O)C(N)C(CO)c1ccccc1. The molecule has 4 nitrogen and oxygen atoms in total. The first kappa shape index (κ1) is 14.7. The molecule has 0 heterocycles.